The first kappa shape index (κ1) is 10.2. The highest BCUT2D eigenvalue weighted by Crippen LogP contribution is 2.30. The number of hydrogen-bond acceptors (Lipinski definition) is 2. The van der Waals surface area contributed by atoms with Crippen LogP contribution in [0.5, 0.6) is 0 Å². The molecule has 0 aliphatic rings. The molecule has 2 rings (SSSR count). The summed E-state index contributed by atoms with van der Waals surface area (Å²) in [6, 6.07) is 6.96. The molecule has 0 unspecified atom stereocenters. The van der Waals surface area contributed by atoms with Gasteiger partial charge in [-0.15, -0.1) is 0 Å². The van der Waals surface area contributed by atoms with E-state index in [4.69, 9.17) is 28.3 Å². The lowest BCUT2D eigenvalue weighted by Gasteiger charge is -2.05. The molecule has 1 heterocycles. The second kappa shape index (κ2) is 3.68. The van der Waals surface area contributed by atoms with E-state index in [1.165, 1.54) is 0 Å². The fourth-order valence-electron chi connectivity index (χ4n) is 1.33. The molecule has 1 aromatic carbocycles. The minimum absolute atomic E-state index is 0.0915. The monoisotopic (exact) mass is 241 g/mol. The Bertz CT molecular complexity index is 554. The number of carbonyl (C=O) groups is 1. The summed E-state index contributed by atoms with van der Waals surface area (Å²) in [7, 11) is 0. The van der Waals surface area contributed by atoms with Gasteiger partial charge in [0.15, 0.2) is 0 Å². The summed E-state index contributed by atoms with van der Waals surface area (Å²) in [6.07, 6.45) is 0. The van der Waals surface area contributed by atoms with Gasteiger partial charge < -0.3 is 5.11 Å². The van der Waals surface area contributed by atoms with Crippen LogP contribution < -0.4 is 0 Å². The first-order valence-corrected chi connectivity index (χ1v) is 4.84. The minimum atomic E-state index is -1.18. The molecule has 76 valence electrons. The molecule has 0 atom stereocenters. The number of aromatic nitrogens is 1. The molecule has 0 fully saturated rings. The molecule has 1 aromatic heterocycles. The number of hydrogen-bond donors (Lipinski definition) is 1. The van der Waals surface area contributed by atoms with Crippen molar-refractivity contribution >= 4 is 40.1 Å². The van der Waals surface area contributed by atoms with E-state index in [-0.39, 0.29) is 15.7 Å². The van der Waals surface area contributed by atoms with Crippen molar-refractivity contribution in [2.24, 2.45) is 0 Å². The van der Waals surface area contributed by atoms with Crippen LogP contribution in [-0.2, 0) is 0 Å². The van der Waals surface area contributed by atoms with Crippen molar-refractivity contribution in [2.75, 3.05) is 0 Å². The molecule has 0 amide bonds. The van der Waals surface area contributed by atoms with Gasteiger partial charge in [-0.3, -0.25) is 0 Å². The van der Waals surface area contributed by atoms with Crippen molar-refractivity contribution in [3.05, 3.63) is 40.0 Å². The van der Waals surface area contributed by atoms with Gasteiger partial charge in [-0.1, -0.05) is 41.4 Å². The molecule has 3 nitrogen and oxygen atoms in total. The van der Waals surface area contributed by atoms with E-state index in [1.807, 2.05) is 0 Å². The van der Waals surface area contributed by atoms with E-state index in [0.29, 0.717) is 10.9 Å². The van der Waals surface area contributed by atoms with Crippen LogP contribution in [0.1, 0.15) is 10.4 Å². The molecule has 0 aliphatic carbocycles. The van der Waals surface area contributed by atoms with Crippen molar-refractivity contribution in [2.45, 2.75) is 0 Å². The normalized spacial score (nSPS) is 10.5. The van der Waals surface area contributed by atoms with Gasteiger partial charge in [0.25, 0.3) is 0 Å². The molecule has 1 N–H and O–H groups in total. The maximum Gasteiger partial charge on any atom is 0.340 e. The molecule has 15 heavy (non-hydrogen) atoms. The van der Waals surface area contributed by atoms with Crippen LogP contribution in [0, 0.1) is 0 Å². The second-order valence-electron chi connectivity index (χ2n) is 2.91. The number of carboxylic acid groups (broad SMARTS) is 1. The van der Waals surface area contributed by atoms with Gasteiger partial charge in [0, 0.05) is 5.39 Å². The van der Waals surface area contributed by atoms with Gasteiger partial charge in [-0.25, -0.2) is 9.78 Å². The highest BCUT2D eigenvalue weighted by molar-refractivity contribution is 6.42. The van der Waals surface area contributed by atoms with Gasteiger partial charge in [0.1, 0.15) is 10.7 Å². The van der Waals surface area contributed by atoms with Gasteiger partial charge in [-0.2, -0.15) is 0 Å². The number of aromatic carboxylic acids is 1. The summed E-state index contributed by atoms with van der Waals surface area (Å²) in [4.78, 5) is 14.8. The average molecular weight is 242 g/mol. The predicted molar refractivity (Wildman–Crippen MR) is 58.7 cm³/mol. The number of fused-ring (bicyclic) bond motifs is 1. The number of para-hydroxylation sites is 1. The number of nitrogens with zero attached hydrogens (tertiary/aromatic N) is 1. The lowest BCUT2D eigenvalue weighted by molar-refractivity contribution is 0.0697. The van der Waals surface area contributed by atoms with Crippen LogP contribution in [0.4, 0.5) is 0 Å². The van der Waals surface area contributed by atoms with Crippen molar-refractivity contribution < 1.29 is 9.90 Å². The summed E-state index contributed by atoms with van der Waals surface area (Å²) in [5, 5.41) is 9.51. The first-order valence-electron chi connectivity index (χ1n) is 4.08. The highest BCUT2D eigenvalue weighted by atomic mass is 35.5. The zero-order chi connectivity index (χ0) is 11.0. The molecule has 0 spiro atoms. The van der Waals surface area contributed by atoms with E-state index in [0.717, 1.165) is 0 Å². The molecular weight excluding hydrogens is 237 g/mol. The number of benzene rings is 1. The Morgan fingerprint density at radius 1 is 1.27 bits per heavy atom. The smallest absolute Gasteiger partial charge is 0.340 e. The molecule has 0 bridgehead atoms. The Hall–Kier alpha value is -1.32. The van der Waals surface area contributed by atoms with E-state index < -0.39 is 5.97 Å². The zero-order valence-electron chi connectivity index (χ0n) is 7.37. The van der Waals surface area contributed by atoms with Crippen LogP contribution in [0.3, 0.4) is 0 Å². The van der Waals surface area contributed by atoms with Crippen LogP contribution in [0.25, 0.3) is 10.9 Å². The fraction of sp³-hybridized carbons (Fsp3) is 0. The van der Waals surface area contributed by atoms with E-state index >= 15 is 0 Å². The predicted octanol–water partition coefficient (Wildman–Crippen LogP) is 3.24. The van der Waals surface area contributed by atoms with E-state index in [2.05, 4.69) is 4.98 Å². The first-order chi connectivity index (χ1) is 7.11. The highest BCUT2D eigenvalue weighted by Gasteiger charge is 2.17. The lowest BCUT2D eigenvalue weighted by atomic mass is 10.1. The van der Waals surface area contributed by atoms with E-state index in [9.17, 15) is 4.79 Å². The van der Waals surface area contributed by atoms with Gasteiger partial charge >= 0.3 is 5.97 Å². The lowest BCUT2D eigenvalue weighted by Crippen LogP contribution is -2.01. The van der Waals surface area contributed by atoms with Crippen LogP contribution >= 0.6 is 23.2 Å². The van der Waals surface area contributed by atoms with Crippen LogP contribution in [0.15, 0.2) is 24.3 Å². The van der Waals surface area contributed by atoms with Crippen LogP contribution in [0.2, 0.25) is 10.2 Å². The minimum Gasteiger partial charge on any atom is -0.478 e. The molecular formula is C10H5Cl2NO2. The second-order valence-corrected chi connectivity index (χ2v) is 3.65. The number of carboxylic acids is 1. The number of rotatable bonds is 1. The van der Waals surface area contributed by atoms with Crippen molar-refractivity contribution in [3.8, 4) is 0 Å². The van der Waals surface area contributed by atoms with Gasteiger partial charge in [0.2, 0.25) is 0 Å². The van der Waals surface area contributed by atoms with Crippen molar-refractivity contribution in [3.63, 3.8) is 0 Å². The third-order valence-electron chi connectivity index (χ3n) is 2.00. The van der Waals surface area contributed by atoms with Crippen molar-refractivity contribution in [1.29, 1.82) is 0 Å². The molecule has 0 radical (unpaired) electrons. The van der Waals surface area contributed by atoms with Gasteiger partial charge in [-0.05, 0) is 6.07 Å². The summed E-state index contributed by atoms with van der Waals surface area (Å²) in [6.45, 7) is 0. The number of pyridine rings is 1. The SMILES string of the molecule is O=C(O)c1c(Cl)nc2ccccc2c1Cl. The molecule has 0 saturated carbocycles. The summed E-state index contributed by atoms with van der Waals surface area (Å²) in [5.41, 5.74) is 0.425. The van der Waals surface area contributed by atoms with Crippen LogP contribution in [-0.4, -0.2) is 16.1 Å². The molecule has 0 aliphatic heterocycles. The molecule has 2 aromatic rings. The Balaban J connectivity index is 2.90. The van der Waals surface area contributed by atoms with Gasteiger partial charge in [0.05, 0.1) is 10.5 Å². The Morgan fingerprint density at radius 3 is 2.60 bits per heavy atom. The topological polar surface area (TPSA) is 50.2 Å². The molecule has 5 heteroatoms. The third-order valence-corrected chi connectivity index (χ3v) is 2.66. The Morgan fingerprint density at radius 2 is 1.93 bits per heavy atom. The summed E-state index contributed by atoms with van der Waals surface area (Å²) < 4.78 is 0. The Kier molecular flexibility index (Phi) is 2.50. The zero-order valence-corrected chi connectivity index (χ0v) is 8.88. The standard InChI is InChI=1S/C10H5Cl2NO2/c11-8-5-3-1-2-4-6(5)13-9(12)7(8)10(14)15/h1-4H,(H,14,15). The van der Waals surface area contributed by atoms with E-state index in [1.54, 1.807) is 24.3 Å². The fourth-order valence-corrected chi connectivity index (χ4v) is 1.97. The third kappa shape index (κ3) is 1.64. The Labute approximate surface area is 95.3 Å². The average Bonchev–Trinajstić information content (AvgIpc) is 2.17. The van der Waals surface area contributed by atoms with Crippen molar-refractivity contribution in [1.82, 2.24) is 4.98 Å². The summed E-state index contributed by atoms with van der Waals surface area (Å²) >= 11 is 11.7. The maximum atomic E-state index is 10.9. The largest absolute Gasteiger partial charge is 0.478 e. The summed E-state index contributed by atoms with van der Waals surface area (Å²) in [5.74, 6) is -1.18. The quantitative estimate of drug-likeness (QED) is 0.781. The number of halogens is 2. The molecule has 0 saturated heterocycles. The maximum absolute atomic E-state index is 10.9.